The molecule has 0 aromatic heterocycles. The second-order valence-electron chi connectivity index (χ2n) is 3.87. The van der Waals surface area contributed by atoms with Crippen molar-refractivity contribution in [3.63, 3.8) is 0 Å². The molecule has 0 bridgehead atoms. The Morgan fingerprint density at radius 2 is 2.00 bits per heavy atom. The zero-order valence-electron chi connectivity index (χ0n) is 10.5. The number of nitrogens with one attached hydrogen (secondary N) is 2. The fourth-order valence-corrected chi connectivity index (χ4v) is 1.50. The highest BCUT2D eigenvalue weighted by Gasteiger charge is 2.17. The van der Waals surface area contributed by atoms with Gasteiger partial charge in [-0.3, -0.25) is 5.43 Å². The molecule has 7 heteroatoms. The molecule has 0 radical (unpaired) electrons. The summed E-state index contributed by atoms with van der Waals surface area (Å²) in [5, 5.41) is 14.9. The molecule has 0 aliphatic carbocycles. The monoisotopic (exact) mass is 265 g/mol. The Morgan fingerprint density at radius 1 is 1.21 bits per heavy atom. The van der Waals surface area contributed by atoms with Gasteiger partial charge in [0.15, 0.2) is 23.2 Å². The number of hydrazone groups is 1. The topological polar surface area (TPSA) is 61.1 Å². The Balaban J connectivity index is 2.15. The van der Waals surface area contributed by atoms with Gasteiger partial charge in [-0.2, -0.15) is 10.2 Å². The van der Waals surface area contributed by atoms with Crippen molar-refractivity contribution in [2.24, 2.45) is 15.3 Å². The third-order valence-electron chi connectivity index (χ3n) is 2.43. The zero-order chi connectivity index (χ0) is 13.8. The SMILES string of the molecule is CCNC1=NN=C(C)/C1=N\Nc1ccc(F)c(F)c1. The van der Waals surface area contributed by atoms with Crippen molar-refractivity contribution in [2.45, 2.75) is 13.8 Å². The Kier molecular flexibility index (Phi) is 3.84. The lowest BCUT2D eigenvalue weighted by molar-refractivity contribution is 0.509. The molecule has 0 spiro atoms. The number of amidine groups is 1. The van der Waals surface area contributed by atoms with Gasteiger partial charge in [0.1, 0.15) is 0 Å². The van der Waals surface area contributed by atoms with Crippen molar-refractivity contribution in [1.82, 2.24) is 5.32 Å². The first-order chi connectivity index (χ1) is 9.11. The first-order valence-electron chi connectivity index (χ1n) is 5.77. The molecule has 2 N–H and O–H groups in total. The maximum atomic E-state index is 13.0. The standard InChI is InChI=1S/C12H13F2N5/c1-3-15-12-11(7(2)16-19-12)18-17-8-4-5-9(13)10(14)6-8/h4-6,17H,3H2,1-2H3,(H,15,18,19). The van der Waals surface area contributed by atoms with Gasteiger partial charge in [-0.1, -0.05) is 0 Å². The predicted molar refractivity (Wildman–Crippen MR) is 71.6 cm³/mol. The molecular weight excluding hydrogens is 252 g/mol. The van der Waals surface area contributed by atoms with E-state index in [2.05, 4.69) is 26.0 Å². The number of benzene rings is 1. The highest BCUT2D eigenvalue weighted by atomic mass is 19.2. The molecule has 0 saturated carbocycles. The maximum Gasteiger partial charge on any atom is 0.178 e. The normalized spacial score (nSPS) is 16.3. The minimum absolute atomic E-state index is 0.349. The lowest BCUT2D eigenvalue weighted by atomic mass is 10.2. The highest BCUT2D eigenvalue weighted by Crippen LogP contribution is 2.13. The van der Waals surface area contributed by atoms with Crippen molar-refractivity contribution < 1.29 is 8.78 Å². The van der Waals surface area contributed by atoms with Crippen molar-refractivity contribution in [2.75, 3.05) is 12.0 Å². The van der Waals surface area contributed by atoms with Crippen LogP contribution in [0.25, 0.3) is 0 Å². The summed E-state index contributed by atoms with van der Waals surface area (Å²) in [6.45, 7) is 4.38. The molecule has 0 fully saturated rings. The van der Waals surface area contributed by atoms with Gasteiger partial charge in [0.25, 0.3) is 0 Å². The van der Waals surface area contributed by atoms with Crippen molar-refractivity contribution in [3.05, 3.63) is 29.8 Å². The summed E-state index contributed by atoms with van der Waals surface area (Å²) in [5.41, 5.74) is 4.19. The Hall–Kier alpha value is -2.31. The van der Waals surface area contributed by atoms with Gasteiger partial charge in [0.05, 0.1) is 11.4 Å². The van der Waals surface area contributed by atoms with Gasteiger partial charge in [0.2, 0.25) is 0 Å². The molecule has 0 amide bonds. The van der Waals surface area contributed by atoms with Crippen molar-refractivity contribution >= 4 is 22.9 Å². The smallest absolute Gasteiger partial charge is 0.178 e. The van der Waals surface area contributed by atoms with Gasteiger partial charge < -0.3 is 5.32 Å². The molecule has 5 nitrogen and oxygen atoms in total. The summed E-state index contributed by atoms with van der Waals surface area (Å²) in [4.78, 5) is 0. The molecule has 1 aliphatic heterocycles. The van der Waals surface area contributed by atoms with E-state index < -0.39 is 11.6 Å². The van der Waals surface area contributed by atoms with Crippen LogP contribution in [-0.2, 0) is 0 Å². The Bertz CT molecular complexity index is 577. The van der Waals surface area contributed by atoms with E-state index in [0.717, 1.165) is 12.1 Å². The van der Waals surface area contributed by atoms with Crippen LogP contribution in [0.1, 0.15) is 13.8 Å². The highest BCUT2D eigenvalue weighted by molar-refractivity contribution is 6.69. The van der Waals surface area contributed by atoms with Crippen LogP contribution in [0.5, 0.6) is 0 Å². The number of halogens is 2. The van der Waals surface area contributed by atoms with Crippen LogP contribution in [0.15, 0.2) is 33.5 Å². The number of nitrogens with zero attached hydrogens (tertiary/aromatic N) is 3. The molecule has 19 heavy (non-hydrogen) atoms. The van der Waals surface area contributed by atoms with E-state index in [9.17, 15) is 8.78 Å². The zero-order valence-corrected chi connectivity index (χ0v) is 10.5. The summed E-state index contributed by atoms with van der Waals surface area (Å²) in [6.07, 6.45) is 0. The lowest BCUT2D eigenvalue weighted by Gasteiger charge is -2.06. The first-order valence-corrected chi connectivity index (χ1v) is 5.77. The van der Waals surface area contributed by atoms with E-state index in [4.69, 9.17) is 0 Å². The molecule has 1 heterocycles. The molecule has 0 saturated heterocycles. The molecule has 0 atom stereocenters. The molecule has 100 valence electrons. The van der Waals surface area contributed by atoms with Crippen LogP contribution < -0.4 is 10.7 Å². The second kappa shape index (κ2) is 5.55. The van der Waals surface area contributed by atoms with Crippen molar-refractivity contribution in [1.29, 1.82) is 0 Å². The summed E-state index contributed by atoms with van der Waals surface area (Å²) in [5.74, 6) is -1.27. The lowest BCUT2D eigenvalue weighted by Crippen LogP contribution is -2.32. The Labute approximate surface area is 109 Å². The van der Waals surface area contributed by atoms with E-state index in [0.29, 0.717) is 29.5 Å². The third kappa shape index (κ3) is 2.93. The summed E-state index contributed by atoms with van der Waals surface area (Å²) in [7, 11) is 0. The average molecular weight is 265 g/mol. The van der Waals surface area contributed by atoms with Gasteiger partial charge in [-0.25, -0.2) is 8.78 Å². The summed E-state index contributed by atoms with van der Waals surface area (Å²) >= 11 is 0. The number of rotatable bonds is 3. The average Bonchev–Trinajstić information content (AvgIpc) is 2.73. The van der Waals surface area contributed by atoms with E-state index >= 15 is 0 Å². The van der Waals surface area contributed by atoms with E-state index in [-0.39, 0.29) is 0 Å². The minimum Gasteiger partial charge on any atom is -0.367 e. The van der Waals surface area contributed by atoms with Crippen molar-refractivity contribution in [3.8, 4) is 0 Å². The molecular formula is C12H13F2N5. The number of anilines is 1. The van der Waals surface area contributed by atoms with Crippen LogP contribution in [0.3, 0.4) is 0 Å². The number of hydrogen-bond donors (Lipinski definition) is 2. The van der Waals surface area contributed by atoms with Gasteiger partial charge in [-0.05, 0) is 26.0 Å². The van der Waals surface area contributed by atoms with E-state index in [1.165, 1.54) is 6.07 Å². The summed E-state index contributed by atoms with van der Waals surface area (Å²) < 4.78 is 25.8. The van der Waals surface area contributed by atoms with Crippen LogP contribution in [0.4, 0.5) is 14.5 Å². The van der Waals surface area contributed by atoms with Gasteiger partial charge in [-0.15, -0.1) is 5.10 Å². The third-order valence-corrected chi connectivity index (χ3v) is 2.43. The largest absolute Gasteiger partial charge is 0.367 e. The molecule has 1 aromatic rings. The molecule has 1 aliphatic rings. The molecule has 1 aromatic carbocycles. The quantitative estimate of drug-likeness (QED) is 0.822. The fraction of sp³-hybridized carbons (Fsp3) is 0.250. The van der Waals surface area contributed by atoms with E-state index in [1.807, 2.05) is 6.92 Å². The first kappa shape index (κ1) is 13.1. The van der Waals surface area contributed by atoms with Crippen LogP contribution in [-0.4, -0.2) is 23.8 Å². The molecule has 2 rings (SSSR count). The Morgan fingerprint density at radius 3 is 2.68 bits per heavy atom. The number of hydrogen-bond acceptors (Lipinski definition) is 5. The van der Waals surface area contributed by atoms with Crippen LogP contribution >= 0.6 is 0 Å². The van der Waals surface area contributed by atoms with E-state index in [1.54, 1.807) is 6.92 Å². The predicted octanol–water partition coefficient (Wildman–Crippen LogP) is 2.13. The van der Waals surface area contributed by atoms with Gasteiger partial charge >= 0.3 is 0 Å². The molecule has 0 unspecified atom stereocenters. The summed E-state index contributed by atoms with van der Waals surface area (Å²) in [6, 6.07) is 3.46. The maximum absolute atomic E-state index is 13.0. The minimum atomic E-state index is -0.928. The fourth-order valence-electron chi connectivity index (χ4n) is 1.50. The van der Waals surface area contributed by atoms with Crippen LogP contribution in [0.2, 0.25) is 0 Å². The second-order valence-corrected chi connectivity index (χ2v) is 3.87. The van der Waals surface area contributed by atoms with Gasteiger partial charge in [0, 0.05) is 12.6 Å². The van der Waals surface area contributed by atoms with Crippen LogP contribution in [0, 0.1) is 11.6 Å².